The summed E-state index contributed by atoms with van der Waals surface area (Å²) in [5, 5.41) is 13.3. The summed E-state index contributed by atoms with van der Waals surface area (Å²) in [6.07, 6.45) is 5.95. The Bertz CT molecular complexity index is 423. The zero-order valence-corrected chi connectivity index (χ0v) is 9.58. The Morgan fingerprint density at radius 2 is 2.41 bits per heavy atom. The fourth-order valence-electron chi connectivity index (χ4n) is 2.44. The monoisotopic (exact) mass is 236 g/mol. The van der Waals surface area contributed by atoms with Gasteiger partial charge in [0.2, 0.25) is 0 Å². The second-order valence-corrected chi connectivity index (χ2v) is 4.83. The molecule has 17 heavy (non-hydrogen) atoms. The summed E-state index contributed by atoms with van der Waals surface area (Å²) < 4.78 is 7.47. The molecule has 0 spiro atoms. The second kappa shape index (κ2) is 4.14. The van der Waals surface area contributed by atoms with Crippen LogP contribution in [0.5, 0.6) is 0 Å². The average molecular weight is 236 g/mol. The van der Waals surface area contributed by atoms with Crippen molar-refractivity contribution in [3.63, 3.8) is 0 Å². The molecular weight excluding hydrogens is 220 g/mol. The van der Waals surface area contributed by atoms with Crippen LogP contribution in [0.25, 0.3) is 0 Å². The number of carboxylic acid groups (broad SMARTS) is 1. The number of aromatic nitrogens is 2. The molecule has 1 aromatic rings. The van der Waals surface area contributed by atoms with Crippen LogP contribution < -0.4 is 0 Å². The van der Waals surface area contributed by atoms with Crippen LogP contribution in [-0.2, 0) is 9.53 Å². The van der Waals surface area contributed by atoms with Crippen molar-refractivity contribution in [1.82, 2.24) is 9.78 Å². The van der Waals surface area contributed by atoms with Crippen LogP contribution in [0.15, 0.2) is 12.3 Å². The number of carboxylic acids is 1. The van der Waals surface area contributed by atoms with Gasteiger partial charge in [-0.3, -0.25) is 4.79 Å². The molecule has 3 rings (SSSR count). The molecule has 2 aliphatic rings. The van der Waals surface area contributed by atoms with Gasteiger partial charge in [0.25, 0.3) is 0 Å². The van der Waals surface area contributed by atoms with Gasteiger partial charge in [0, 0.05) is 18.7 Å². The zero-order chi connectivity index (χ0) is 11.8. The van der Waals surface area contributed by atoms with E-state index in [-0.39, 0.29) is 18.1 Å². The van der Waals surface area contributed by atoms with Crippen molar-refractivity contribution < 1.29 is 14.6 Å². The number of ether oxygens (including phenoxy) is 1. The third kappa shape index (κ3) is 2.07. The summed E-state index contributed by atoms with van der Waals surface area (Å²) in [6, 6.07) is 1.92. The normalized spacial score (nSPS) is 32.4. The molecule has 1 aromatic heterocycles. The van der Waals surface area contributed by atoms with E-state index in [0.717, 1.165) is 31.6 Å². The zero-order valence-electron chi connectivity index (χ0n) is 9.58. The van der Waals surface area contributed by atoms with E-state index in [1.807, 2.05) is 16.9 Å². The van der Waals surface area contributed by atoms with Gasteiger partial charge < -0.3 is 9.84 Å². The minimum atomic E-state index is -0.710. The second-order valence-electron chi connectivity index (χ2n) is 4.83. The molecule has 1 saturated carbocycles. The Balaban J connectivity index is 1.68. The maximum atomic E-state index is 10.8. The highest BCUT2D eigenvalue weighted by Crippen LogP contribution is 2.46. The molecule has 2 heterocycles. The maximum absolute atomic E-state index is 10.8. The highest BCUT2D eigenvalue weighted by Gasteiger charge is 2.45. The Morgan fingerprint density at radius 1 is 1.53 bits per heavy atom. The van der Waals surface area contributed by atoms with Gasteiger partial charge in [0.1, 0.15) is 6.23 Å². The van der Waals surface area contributed by atoms with Crippen LogP contribution in [0.2, 0.25) is 0 Å². The summed E-state index contributed by atoms with van der Waals surface area (Å²) in [5.41, 5.74) is 0.895. The first-order valence-corrected chi connectivity index (χ1v) is 6.15. The third-order valence-electron chi connectivity index (χ3n) is 3.57. The number of aliphatic carboxylic acids is 1. The highest BCUT2D eigenvalue weighted by molar-refractivity contribution is 5.75. The summed E-state index contributed by atoms with van der Waals surface area (Å²) in [6.45, 7) is 0.793. The van der Waals surface area contributed by atoms with Gasteiger partial charge in [0.05, 0.1) is 11.6 Å². The molecule has 0 radical (unpaired) electrons. The standard InChI is InChI=1S/C12H16N2O3/c15-12(16)9-7-8(9)10-4-5-14(13-10)11-3-1-2-6-17-11/h4-5,8-9,11H,1-3,6-7H2,(H,15,16). The van der Waals surface area contributed by atoms with E-state index in [9.17, 15) is 4.79 Å². The van der Waals surface area contributed by atoms with Crippen molar-refractivity contribution in [2.45, 2.75) is 37.8 Å². The lowest BCUT2D eigenvalue weighted by Crippen LogP contribution is -2.18. The molecule has 1 saturated heterocycles. The molecular formula is C12H16N2O3. The Hall–Kier alpha value is -1.36. The summed E-state index contributed by atoms with van der Waals surface area (Å²) >= 11 is 0. The number of rotatable bonds is 3. The van der Waals surface area contributed by atoms with Crippen molar-refractivity contribution in [3.05, 3.63) is 18.0 Å². The van der Waals surface area contributed by atoms with Gasteiger partial charge in [-0.15, -0.1) is 0 Å². The lowest BCUT2D eigenvalue weighted by atomic mass is 10.2. The molecule has 3 atom stereocenters. The molecule has 0 amide bonds. The van der Waals surface area contributed by atoms with E-state index in [0.29, 0.717) is 0 Å². The number of carbonyl (C=O) groups is 1. The van der Waals surface area contributed by atoms with Gasteiger partial charge in [-0.05, 0) is 31.7 Å². The van der Waals surface area contributed by atoms with E-state index in [2.05, 4.69) is 5.10 Å². The fraction of sp³-hybridized carbons (Fsp3) is 0.667. The van der Waals surface area contributed by atoms with E-state index < -0.39 is 5.97 Å². The number of hydrogen-bond donors (Lipinski definition) is 1. The smallest absolute Gasteiger partial charge is 0.307 e. The Kier molecular flexibility index (Phi) is 2.63. The van der Waals surface area contributed by atoms with Gasteiger partial charge in [0.15, 0.2) is 0 Å². The minimum Gasteiger partial charge on any atom is -0.481 e. The van der Waals surface area contributed by atoms with E-state index >= 15 is 0 Å². The fourth-order valence-corrected chi connectivity index (χ4v) is 2.44. The third-order valence-corrected chi connectivity index (χ3v) is 3.57. The highest BCUT2D eigenvalue weighted by atomic mass is 16.5. The predicted molar refractivity (Wildman–Crippen MR) is 59.6 cm³/mol. The number of hydrogen-bond acceptors (Lipinski definition) is 3. The topological polar surface area (TPSA) is 64.3 Å². The average Bonchev–Trinajstić information content (AvgIpc) is 3.01. The molecule has 92 valence electrons. The van der Waals surface area contributed by atoms with Gasteiger partial charge in [-0.25, -0.2) is 4.68 Å². The van der Waals surface area contributed by atoms with E-state index in [4.69, 9.17) is 9.84 Å². The van der Waals surface area contributed by atoms with Crippen LogP contribution in [0.3, 0.4) is 0 Å². The molecule has 5 heteroatoms. The van der Waals surface area contributed by atoms with Crippen LogP contribution >= 0.6 is 0 Å². The van der Waals surface area contributed by atoms with Crippen LogP contribution in [-0.4, -0.2) is 27.5 Å². The summed E-state index contributed by atoms with van der Waals surface area (Å²) in [7, 11) is 0. The molecule has 1 aliphatic carbocycles. The lowest BCUT2D eigenvalue weighted by molar-refractivity contribution is -0.138. The van der Waals surface area contributed by atoms with E-state index in [1.54, 1.807) is 0 Å². The first-order valence-electron chi connectivity index (χ1n) is 6.15. The van der Waals surface area contributed by atoms with Crippen LogP contribution in [0, 0.1) is 5.92 Å². The van der Waals surface area contributed by atoms with E-state index in [1.165, 1.54) is 6.42 Å². The summed E-state index contributed by atoms with van der Waals surface area (Å²) in [5.74, 6) is -0.832. The number of nitrogens with zero attached hydrogens (tertiary/aromatic N) is 2. The maximum Gasteiger partial charge on any atom is 0.307 e. The van der Waals surface area contributed by atoms with Crippen molar-refractivity contribution in [1.29, 1.82) is 0 Å². The van der Waals surface area contributed by atoms with Gasteiger partial charge >= 0.3 is 5.97 Å². The molecule has 5 nitrogen and oxygen atoms in total. The molecule has 0 bridgehead atoms. The first kappa shape index (κ1) is 10.8. The van der Waals surface area contributed by atoms with Gasteiger partial charge in [-0.1, -0.05) is 0 Å². The molecule has 3 unspecified atom stereocenters. The molecule has 2 fully saturated rings. The van der Waals surface area contributed by atoms with Crippen molar-refractivity contribution in [2.75, 3.05) is 6.61 Å². The van der Waals surface area contributed by atoms with Gasteiger partial charge in [-0.2, -0.15) is 5.10 Å². The van der Waals surface area contributed by atoms with Crippen molar-refractivity contribution in [3.8, 4) is 0 Å². The quantitative estimate of drug-likeness (QED) is 0.868. The molecule has 0 aromatic carbocycles. The largest absolute Gasteiger partial charge is 0.481 e. The Labute approximate surface area is 99.4 Å². The van der Waals surface area contributed by atoms with Crippen LogP contribution in [0.4, 0.5) is 0 Å². The first-order chi connectivity index (χ1) is 8.25. The lowest BCUT2D eigenvalue weighted by Gasteiger charge is -2.22. The Morgan fingerprint density at radius 3 is 3.06 bits per heavy atom. The van der Waals surface area contributed by atoms with Crippen molar-refractivity contribution >= 4 is 5.97 Å². The van der Waals surface area contributed by atoms with Crippen molar-refractivity contribution in [2.24, 2.45) is 5.92 Å². The predicted octanol–water partition coefficient (Wildman–Crippen LogP) is 1.77. The molecule has 1 N–H and O–H groups in total. The minimum absolute atomic E-state index is 0.0412. The van der Waals surface area contributed by atoms with Crippen LogP contribution in [0.1, 0.15) is 43.5 Å². The summed E-state index contributed by atoms with van der Waals surface area (Å²) in [4.78, 5) is 10.8. The SMILES string of the molecule is O=C(O)C1CC1c1ccn(C2CCCCO2)n1. The molecule has 1 aliphatic heterocycles.